The van der Waals surface area contributed by atoms with E-state index in [9.17, 15) is 4.79 Å². The fourth-order valence-electron chi connectivity index (χ4n) is 2.10. The number of hydrazone groups is 1. The summed E-state index contributed by atoms with van der Waals surface area (Å²) in [6, 6.07) is 15.4. The van der Waals surface area contributed by atoms with Crippen molar-refractivity contribution in [1.82, 2.24) is 4.98 Å². The summed E-state index contributed by atoms with van der Waals surface area (Å²) in [5.41, 5.74) is 4.54. The molecule has 3 aromatic rings. The molecular formula is C15H9N3OS2. The lowest BCUT2D eigenvalue weighted by atomic mass is 10.1. The predicted molar refractivity (Wildman–Crippen MR) is 87.3 cm³/mol. The van der Waals surface area contributed by atoms with Crippen molar-refractivity contribution in [3.8, 4) is 0 Å². The second-order valence-electron chi connectivity index (χ2n) is 4.44. The van der Waals surface area contributed by atoms with Gasteiger partial charge in [-0.3, -0.25) is 10.2 Å². The molecule has 4 nitrogen and oxygen atoms in total. The van der Waals surface area contributed by atoms with Gasteiger partial charge in [-0.05, 0) is 24.3 Å². The Bertz CT molecular complexity index is 852. The third kappa shape index (κ3) is 2.22. The van der Waals surface area contributed by atoms with Crippen molar-refractivity contribution in [3.63, 3.8) is 0 Å². The smallest absolute Gasteiger partial charge is 0.221 e. The van der Waals surface area contributed by atoms with Crippen molar-refractivity contribution in [2.45, 2.75) is 4.90 Å². The summed E-state index contributed by atoms with van der Waals surface area (Å²) in [5.74, 6) is -0.0378. The predicted octanol–water partition coefficient (Wildman–Crippen LogP) is 4.01. The summed E-state index contributed by atoms with van der Waals surface area (Å²) in [7, 11) is 0. The summed E-state index contributed by atoms with van der Waals surface area (Å²) in [6.07, 6.45) is 0. The number of carbonyl (C=O) groups excluding carboxylic acids is 1. The zero-order valence-corrected chi connectivity index (χ0v) is 12.4. The summed E-state index contributed by atoms with van der Waals surface area (Å²) >= 11 is 2.90. The van der Waals surface area contributed by atoms with Crippen molar-refractivity contribution in [1.29, 1.82) is 0 Å². The van der Waals surface area contributed by atoms with Gasteiger partial charge in [-0.15, -0.1) is 0 Å². The van der Waals surface area contributed by atoms with Crippen LogP contribution >= 0.6 is 23.1 Å². The van der Waals surface area contributed by atoms with Gasteiger partial charge in [-0.2, -0.15) is 5.10 Å². The standard InChI is InChI=1S/C15H9N3OS2/c19-13-9-5-1-3-7-11(9)20-14(13)17-18-15-16-10-6-2-4-8-12(10)21-15/h1-8H,(H,16,18)/b17-14-. The van der Waals surface area contributed by atoms with E-state index in [2.05, 4.69) is 15.5 Å². The van der Waals surface area contributed by atoms with Crippen LogP contribution in [0.2, 0.25) is 0 Å². The molecule has 21 heavy (non-hydrogen) atoms. The van der Waals surface area contributed by atoms with Crippen LogP contribution < -0.4 is 5.43 Å². The second-order valence-corrected chi connectivity index (χ2v) is 6.50. The molecule has 102 valence electrons. The highest BCUT2D eigenvalue weighted by molar-refractivity contribution is 8.16. The molecular weight excluding hydrogens is 302 g/mol. The molecule has 6 heteroatoms. The van der Waals surface area contributed by atoms with Crippen LogP contribution in [0, 0.1) is 0 Å². The minimum absolute atomic E-state index is 0.0378. The highest BCUT2D eigenvalue weighted by Gasteiger charge is 2.27. The lowest BCUT2D eigenvalue weighted by Crippen LogP contribution is -2.06. The van der Waals surface area contributed by atoms with Gasteiger partial charge in [0.15, 0.2) is 5.04 Å². The van der Waals surface area contributed by atoms with E-state index in [0.29, 0.717) is 15.7 Å². The minimum Gasteiger partial charge on any atom is -0.286 e. The number of nitrogens with one attached hydrogen (secondary N) is 1. The fraction of sp³-hybridized carbons (Fsp3) is 0. The molecule has 0 saturated heterocycles. The first-order valence-electron chi connectivity index (χ1n) is 6.32. The van der Waals surface area contributed by atoms with Gasteiger partial charge in [0.1, 0.15) is 0 Å². The Labute approximate surface area is 128 Å². The fourth-order valence-corrected chi connectivity index (χ4v) is 3.83. The number of aromatic nitrogens is 1. The van der Waals surface area contributed by atoms with Crippen molar-refractivity contribution in [2.24, 2.45) is 5.10 Å². The Balaban J connectivity index is 1.61. The van der Waals surface area contributed by atoms with Crippen LogP contribution in [0.4, 0.5) is 5.13 Å². The van der Waals surface area contributed by atoms with Gasteiger partial charge in [0.05, 0.1) is 10.2 Å². The Kier molecular flexibility index (Phi) is 2.98. The van der Waals surface area contributed by atoms with Gasteiger partial charge in [0.2, 0.25) is 10.9 Å². The van der Waals surface area contributed by atoms with E-state index in [0.717, 1.165) is 15.1 Å². The average molecular weight is 311 g/mol. The molecule has 1 aromatic heterocycles. The van der Waals surface area contributed by atoms with Gasteiger partial charge in [-0.25, -0.2) is 4.98 Å². The molecule has 0 spiro atoms. The first-order chi connectivity index (χ1) is 10.3. The molecule has 0 amide bonds. The van der Waals surface area contributed by atoms with Crippen LogP contribution in [0.3, 0.4) is 0 Å². The molecule has 0 aliphatic carbocycles. The van der Waals surface area contributed by atoms with Crippen molar-refractivity contribution < 1.29 is 4.79 Å². The molecule has 0 atom stereocenters. The molecule has 2 heterocycles. The Hall–Kier alpha value is -2.18. The van der Waals surface area contributed by atoms with E-state index in [-0.39, 0.29) is 5.78 Å². The molecule has 0 saturated carbocycles. The second kappa shape index (κ2) is 4.98. The first-order valence-corrected chi connectivity index (χ1v) is 7.95. The lowest BCUT2D eigenvalue weighted by Gasteiger charge is -1.94. The maximum absolute atomic E-state index is 12.2. The molecule has 4 rings (SSSR count). The highest BCUT2D eigenvalue weighted by atomic mass is 32.2. The topological polar surface area (TPSA) is 54.4 Å². The van der Waals surface area contributed by atoms with Crippen LogP contribution in [0.25, 0.3) is 10.2 Å². The summed E-state index contributed by atoms with van der Waals surface area (Å²) in [5, 5.41) is 5.35. The number of carbonyl (C=O) groups is 1. The number of Topliss-reactive ketones (excluding diaryl/α,β-unsaturated/α-hetero) is 1. The quantitative estimate of drug-likeness (QED) is 0.727. The highest BCUT2D eigenvalue weighted by Crippen LogP contribution is 2.33. The number of hydrogen-bond donors (Lipinski definition) is 1. The average Bonchev–Trinajstić information content (AvgIpc) is 3.07. The molecule has 1 aliphatic heterocycles. The third-order valence-electron chi connectivity index (χ3n) is 3.08. The van der Waals surface area contributed by atoms with Gasteiger partial charge in [0, 0.05) is 10.5 Å². The number of nitrogens with zero attached hydrogens (tertiary/aromatic N) is 2. The largest absolute Gasteiger partial charge is 0.286 e. The molecule has 0 fully saturated rings. The molecule has 0 unspecified atom stereocenters. The zero-order valence-electron chi connectivity index (χ0n) is 10.7. The number of benzene rings is 2. The Morgan fingerprint density at radius 1 is 1.05 bits per heavy atom. The van der Waals surface area contributed by atoms with E-state index in [1.165, 1.54) is 23.1 Å². The number of thiazole rings is 1. The number of fused-ring (bicyclic) bond motifs is 2. The van der Waals surface area contributed by atoms with E-state index in [4.69, 9.17) is 0 Å². The van der Waals surface area contributed by atoms with Gasteiger partial charge < -0.3 is 0 Å². The zero-order chi connectivity index (χ0) is 14.2. The van der Waals surface area contributed by atoms with E-state index < -0.39 is 0 Å². The number of rotatable bonds is 2. The normalized spacial score (nSPS) is 15.6. The monoisotopic (exact) mass is 311 g/mol. The summed E-state index contributed by atoms with van der Waals surface area (Å²) in [4.78, 5) is 17.6. The van der Waals surface area contributed by atoms with Crippen molar-refractivity contribution in [3.05, 3.63) is 54.1 Å². The third-order valence-corrected chi connectivity index (χ3v) is 5.07. The maximum atomic E-state index is 12.2. The minimum atomic E-state index is -0.0378. The molecule has 0 radical (unpaired) electrons. The lowest BCUT2D eigenvalue weighted by molar-refractivity contribution is 0.106. The van der Waals surface area contributed by atoms with Crippen molar-refractivity contribution >= 4 is 49.3 Å². The SMILES string of the molecule is O=C1/C(=N/Nc2nc3ccccc3s2)Sc2ccccc21. The van der Waals surface area contributed by atoms with Crippen LogP contribution in [-0.2, 0) is 0 Å². The van der Waals surface area contributed by atoms with Crippen molar-refractivity contribution in [2.75, 3.05) is 5.43 Å². The van der Waals surface area contributed by atoms with E-state index in [1.807, 2.05) is 48.5 Å². The van der Waals surface area contributed by atoms with Crippen LogP contribution in [0.15, 0.2) is 58.5 Å². The summed E-state index contributed by atoms with van der Waals surface area (Å²) in [6.45, 7) is 0. The first kappa shape index (κ1) is 12.6. The van der Waals surface area contributed by atoms with Crippen LogP contribution in [0.5, 0.6) is 0 Å². The van der Waals surface area contributed by atoms with E-state index in [1.54, 1.807) is 0 Å². The maximum Gasteiger partial charge on any atom is 0.221 e. The molecule has 2 aromatic carbocycles. The Morgan fingerprint density at radius 2 is 1.86 bits per heavy atom. The van der Waals surface area contributed by atoms with Crippen LogP contribution in [-0.4, -0.2) is 15.8 Å². The summed E-state index contributed by atoms with van der Waals surface area (Å²) < 4.78 is 1.09. The van der Waals surface area contributed by atoms with Gasteiger partial charge in [0.25, 0.3) is 0 Å². The number of thioether (sulfide) groups is 1. The Morgan fingerprint density at radius 3 is 2.71 bits per heavy atom. The molecule has 1 N–H and O–H groups in total. The number of anilines is 1. The van der Waals surface area contributed by atoms with E-state index >= 15 is 0 Å². The number of ketones is 1. The van der Waals surface area contributed by atoms with Gasteiger partial charge >= 0.3 is 0 Å². The number of para-hydroxylation sites is 1. The molecule has 1 aliphatic rings. The molecule has 0 bridgehead atoms. The van der Waals surface area contributed by atoms with Crippen LogP contribution in [0.1, 0.15) is 10.4 Å². The number of hydrogen-bond acceptors (Lipinski definition) is 6. The van der Waals surface area contributed by atoms with Gasteiger partial charge in [-0.1, -0.05) is 47.4 Å².